The summed E-state index contributed by atoms with van der Waals surface area (Å²) < 4.78 is 5.61. The molecule has 0 aromatic heterocycles. The van der Waals surface area contributed by atoms with Gasteiger partial charge in [0.1, 0.15) is 5.75 Å². The second-order valence-corrected chi connectivity index (χ2v) is 7.79. The van der Waals surface area contributed by atoms with E-state index in [1.54, 1.807) is 31.2 Å². The number of benzene rings is 2. The number of hydrogen-bond donors (Lipinski definition) is 2. The molecule has 1 aliphatic heterocycles. The van der Waals surface area contributed by atoms with Gasteiger partial charge in [-0.1, -0.05) is 36.4 Å². The minimum absolute atomic E-state index is 0.00605. The lowest BCUT2D eigenvalue weighted by atomic mass is 9.87. The third-order valence-corrected chi connectivity index (χ3v) is 4.96. The van der Waals surface area contributed by atoms with Crippen molar-refractivity contribution >= 4 is 23.3 Å². The van der Waals surface area contributed by atoms with E-state index in [1.165, 1.54) is 0 Å². The molecule has 0 saturated carbocycles. The van der Waals surface area contributed by atoms with E-state index in [2.05, 4.69) is 10.6 Å². The lowest BCUT2D eigenvalue weighted by Crippen LogP contribution is -2.44. The summed E-state index contributed by atoms with van der Waals surface area (Å²) in [5.41, 5.74) is 0.495. The first-order valence-electron chi connectivity index (χ1n) is 9.76. The van der Waals surface area contributed by atoms with Crippen LogP contribution in [0.4, 0.5) is 5.69 Å². The van der Waals surface area contributed by atoms with Crippen LogP contribution in [0.25, 0.3) is 0 Å². The van der Waals surface area contributed by atoms with Gasteiger partial charge in [-0.25, -0.2) is 0 Å². The van der Waals surface area contributed by atoms with E-state index >= 15 is 0 Å². The van der Waals surface area contributed by atoms with Crippen LogP contribution >= 0.6 is 0 Å². The third kappa shape index (κ3) is 4.83. The Morgan fingerprint density at radius 2 is 1.86 bits per heavy atom. The van der Waals surface area contributed by atoms with Crippen molar-refractivity contribution in [2.45, 2.75) is 45.3 Å². The Labute approximate surface area is 170 Å². The van der Waals surface area contributed by atoms with Gasteiger partial charge in [-0.2, -0.15) is 0 Å². The van der Waals surface area contributed by atoms with Gasteiger partial charge in [0, 0.05) is 11.8 Å². The maximum atomic E-state index is 12.9. The minimum atomic E-state index is -1.36. The van der Waals surface area contributed by atoms with Crippen LogP contribution in [0.1, 0.15) is 32.8 Å². The van der Waals surface area contributed by atoms with Gasteiger partial charge in [0.25, 0.3) is 0 Å². The molecule has 29 heavy (non-hydrogen) atoms. The number of ketones is 1. The number of ether oxygens (including phenoxy) is 1. The molecule has 1 aliphatic rings. The van der Waals surface area contributed by atoms with Gasteiger partial charge in [0.05, 0.1) is 11.6 Å². The van der Waals surface area contributed by atoms with E-state index in [4.69, 9.17) is 4.74 Å². The van der Waals surface area contributed by atoms with Crippen molar-refractivity contribution < 1.29 is 19.1 Å². The summed E-state index contributed by atoms with van der Waals surface area (Å²) in [7, 11) is 0. The number of amides is 2. The van der Waals surface area contributed by atoms with Crippen LogP contribution in [0.2, 0.25) is 0 Å². The summed E-state index contributed by atoms with van der Waals surface area (Å²) in [6.45, 7) is 5.49. The van der Waals surface area contributed by atoms with Crippen molar-refractivity contribution in [2.75, 3.05) is 5.32 Å². The van der Waals surface area contributed by atoms with Crippen molar-refractivity contribution in [3.63, 3.8) is 0 Å². The quantitative estimate of drug-likeness (QED) is 0.707. The maximum Gasteiger partial charge on any atom is 0.244 e. The normalized spacial score (nSPS) is 21.2. The molecule has 1 fully saturated rings. The Hall–Kier alpha value is -3.15. The highest BCUT2D eigenvalue weighted by molar-refractivity contribution is 6.27. The molecule has 0 aliphatic carbocycles. The van der Waals surface area contributed by atoms with Gasteiger partial charge < -0.3 is 15.4 Å². The summed E-state index contributed by atoms with van der Waals surface area (Å²) in [6.07, 6.45) is 1.06. The Balaban J connectivity index is 1.68. The molecule has 6 nitrogen and oxygen atoms in total. The van der Waals surface area contributed by atoms with Crippen LogP contribution in [0.3, 0.4) is 0 Å². The van der Waals surface area contributed by atoms with Crippen LogP contribution in [0, 0.1) is 5.92 Å². The zero-order valence-electron chi connectivity index (χ0n) is 16.9. The number of Topliss-reactive ketones (excluding diaryl/α,β-unsaturated/α-hetero) is 1. The first-order valence-corrected chi connectivity index (χ1v) is 9.76. The standard InChI is InChI=1S/C23H26N2O4/c1-15(2)29-18-11-7-10-17(14-18)24-21(27)19-20(26)23(3,25-22(19)28)13-12-16-8-5-4-6-9-16/h4-11,14-15,19H,12-13H2,1-3H3,(H,24,27)(H,25,28). The fourth-order valence-electron chi connectivity index (χ4n) is 3.44. The van der Waals surface area contributed by atoms with Crippen LogP contribution in [-0.4, -0.2) is 29.2 Å². The summed E-state index contributed by atoms with van der Waals surface area (Å²) in [6, 6.07) is 16.6. The summed E-state index contributed by atoms with van der Waals surface area (Å²) >= 11 is 0. The second kappa shape index (κ2) is 8.47. The molecule has 1 saturated heterocycles. The van der Waals surface area contributed by atoms with Gasteiger partial charge >= 0.3 is 0 Å². The molecular formula is C23H26N2O4. The van der Waals surface area contributed by atoms with Gasteiger partial charge in [-0.05, 0) is 51.3 Å². The molecule has 2 aromatic rings. The SMILES string of the molecule is CC(C)Oc1cccc(NC(=O)C2C(=O)NC(C)(CCc3ccccc3)C2=O)c1. The van der Waals surface area contributed by atoms with Crippen molar-refractivity contribution in [1.82, 2.24) is 5.32 Å². The smallest absolute Gasteiger partial charge is 0.244 e. The molecule has 2 atom stereocenters. The molecule has 6 heteroatoms. The lowest BCUT2D eigenvalue weighted by Gasteiger charge is -2.22. The summed E-state index contributed by atoms with van der Waals surface area (Å²) in [5, 5.41) is 5.40. The molecule has 2 aromatic carbocycles. The maximum absolute atomic E-state index is 12.9. The predicted octanol–water partition coefficient (Wildman–Crippen LogP) is 3.12. The summed E-state index contributed by atoms with van der Waals surface area (Å²) in [5.74, 6) is -2.33. The van der Waals surface area contributed by atoms with Gasteiger partial charge in [-0.3, -0.25) is 14.4 Å². The molecule has 2 unspecified atom stereocenters. The fourth-order valence-corrected chi connectivity index (χ4v) is 3.44. The van der Waals surface area contributed by atoms with E-state index in [0.717, 1.165) is 5.56 Å². The molecule has 0 radical (unpaired) electrons. The molecule has 2 amide bonds. The monoisotopic (exact) mass is 394 g/mol. The van der Waals surface area contributed by atoms with E-state index in [1.807, 2.05) is 44.2 Å². The average molecular weight is 394 g/mol. The van der Waals surface area contributed by atoms with Crippen LogP contribution < -0.4 is 15.4 Å². The van der Waals surface area contributed by atoms with Crippen molar-refractivity contribution in [3.05, 3.63) is 60.2 Å². The van der Waals surface area contributed by atoms with Crippen LogP contribution in [0.15, 0.2) is 54.6 Å². The molecule has 2 N–H and O–H groups in total. The molecule has 3 rings (SSSR count). The van der Waals surface area contributed by atoms with Crippen LogP contribution in [0.5, 0.6) is 5.75 Å². The Bertz CT molecular complexity index is 910. The number of carbonyl (C=O) groups is 3. The minimum Gasteiger partial charge on any atom is -0.491 e. The van der Waals surface area contributed by atoms with Crippen molar-refractivity contribution in [1.29, 1.82) is 0 Å². The lowest BCUT2D eigenvalue weighted by molar-refractivity contribution is -0.135. The number of nitrogens with one attached hydrogen (secondary N) is 2. The highest BCUT2D eigenvalue weighted by Gasteiger charge is 2.52. The van der Waals surface area contributed by atoms with Crippen molar-refractivity contribution in [3.8, 4) is 5.75 Å². The zero-order valence-corrected chi connectivity index (χ0v) is 16.9. The number of hydrogen-bond acceptors (Lipinski definition) is 4. The topological polar surface area (TPSA) is 84.5 Å². The molecule has 0 bridgehead atoms. The first kappa shape index (κ1) is 20.6. The van der Waals surface area contributed by atoms with E-state index in [-0.39, 0.29) is 6.10 Å². The number of aryl methyl sites for hydroxylation is 1. The van der Waals surface area contributed by atoms with E-state index in [0.29, 0.717) is 24.3 Å². The van der Waals surface area contributed by atoms with Crippen molar-refractivity contribution in [2.24, 2.45) is 5.92 Å². The number of anilines is 1. The average Bonchev–Trinajstić information content (AvgIpc) is 2.89. The molecular weight excluding hydrogens is 368 g/mol. The van der Waals surface area contributed by atoms with Gasteiger partial charge in [0.15, 0.2) is 11.7 Å². The van der Waals surface area contributed by atoms with Crippen LogP contribution in [-0.2, 0) is 20.8 Å². The molecule has 0 spiro atoms. The fraction of sp³-hybridized carbons (Fsp3) is 0.348. The van der Waals surface area contributed by atoms with Gasteiger partial charge in [-0.15, -0.1) is 0 Å². The van der Waals surface area contributed by atoms with E-state index < -0.39 is 29.1 Å². The second-order valence-electron chi connectivity index (χ2n) is 7.79. The molecule has 152 valence electrons. The molecule has 1 heterocycles. The Morgan fingerprint density at radius 3 is 2.55 bits per heavy atom. The largest absolute Gasteiger partial charge is 0.491 e. The Kier molecular flexibility index (Phi) is 6.01. The highest BCUT2D eigenvalue weighted by atomic mass is 16.5. The number of rotatable bonds is 7. The highest BCUT2D eigenvalue weighted by Crippen LogP contribution is 2.27. The number of carbonyl (C=O) groups excluding carboxylic acids is 3. The third-order valence-electron chi connectivity index (χ3n) is 4.96. The predicted molar refractivity (Wildman–Crippen MR) is 111 cm³/mol. The zero-order chi connectivity index (χ0) is 21.0. The van der Waals surface area contributed by atoms with E-state index in [9.17, 15) is 14.4 Å². The Morgan fingerprint density at radius 1 is 1.14 bits per heavy atom. The van der Waals surface area contributed by atoms with Gasteiger partial charge in [0.2, 0.25) is 11.8 Å². The summed E-state index contributed by atoms with van der Waals surface area (Å²) in [4.78, 5) is 38.1. The first-order chi connectivity index (χ1) is 13.8.